The molecule has 1 aromatic rings. The van der Waals surface area contributed by atoms with Gasteiger partial charge in [-0.2, -0.15) is 0 Å². The van der Waals surface area contributed by atoms with Gasteiger partial charge in [-0.25, -0.2) is 0 Å². The number of nitrogens with one attached hydrogen (secondary N) is 1. The molecule has 8 heteroatoms. The lowest BCUT2D eigenvalue weighted by Crippen LogP contribution is -2.43. The molecule has 1 saturated heterocycles. The molecular formula is C16H29BrIN5O. The lowest BCUT2D eigenvalue weighted by atomic mass is 10.3. The van der Waals surface area contributed by atoms with Crippen molar-refractivity contribution in [3.63, 3.8) is 0 Å². The van der Waals surface area contributed by atoms with Crippen molar-refractivity contribution >= 4 is 45.9 Å². The fraction of sp³-hybridized carbons (Fsp3) is 0.688. The number of likely N-dealkylation sites (N-methyl/N-ethyl adjacent to an activating group) is 1. The van der Waals surface area contributed by atoms with Gasteiger partial charge in [-0.1, -0.05) is 0 Å². The third-order valence-corrected chi connectivity index (χ3v) is 4.39. The van der Waals surface area contributed by atoms with E-state index in [1.54, 1.807) is 0 Å². The van der Waals surface area contributed by atoms with Crippen LogP contribution in [-0.4, -0.2) is 73.3 Å². The summed E-state index contributed by atoms with van der Waals surface area (Å²) in [6.07, 6.45) is 2.25. The third-order valence-electron chi connectivity index (χ3n) is 3.96. The highest BCUT2D eigenvalue weighted by atomic mass is 127. The first kappa shape index (κ1) is 21.7. The number of morpholine rings is 1. The molecule has 24 heavy (non-hydrogen) atoms. The molecule has 1 aromatic heterocycles. The van der Waals surface area contributed by atoms with Crippen LogP contribution in [0.2, 0.25) is 0 Å². The third kappa shape index (κ3) is 6.53. The lowest BCUT2D eigenvalue weighted by Gasteiger charge is -2.29. The molecule has 138 valence electrons. The van der Waals surface area contributed by atoms with Crippen molar-refractivity contribution in [1.82, 2.24) is 19.7 Å². The van der Waals surface area contributed by atoms with E-state index in [1.807, 2.05) is 0 Å². The Hall–Kier alpha value is -0.320. The van der Waals surface area contributed by atoms with Crippen molar-refractivity contribution in [2.45, 2.75) is 19.6 Å². The summed E-state index contributed by atoms with van der Waals surface area (Å²) >= 11 is 3.52. The van der Waals surface area contributed by atoms with Crippen molar-refractivity contribution in [3.05, 3.63) is 22.4 Å². The van der Waals surface area contributed by atoms with Gasteiger partial charge in [0.15, 0.2) is 5.96 Å². The second-order valence-electron chi connectivity index (χ2n) is 6.07. The highest BCUT2D eigenvalue weighted by Crippen LogP contribution is 2.15. The molecule has 1 aliphatic heterocycles. The highest BCUT2D eigenvalue weighted by molar-refractivity contribution is 14.0. The number of halogens is 2. The Morgan fingerprint density at radius 3 is 2.83 bits per heavy atom. The van der Waals surface area contributed by atoms with Gasteiger partial charge >= 0.3 is 0 Å². The largest absolute Gasteiger partial charge is 0.374 e. The molecule has 0 saturated carbocycles. The first-order valence-corrected chi connectivity index (χ1v) is 8.89. The maximum Gasteiger partial charge on any atom is 0.194 e. The number of aromatic nitrogens is 1. The van der Waals surface area contributed by atoms with Gasteiger partial charge < -0.3 is 24.4 Å². The van der Waals surface area contributed by atoms with E-state index >= 15 is 0 Å². The quantitative estimate of drug-likeness (QED) is 0.372. The van der Waals surface area contributed by atoms with E-state index in [-0.39, 0.29) is 30.1 Å². The first-order valence-electron chi connectivity index (χ1n) is 8.10. The predicted molar refractivity (Wildman–Crippen MR) is 113 cm³/mol. The van der Waals surface area contributed by atoms with Crippen molar-refractivity contribution in [2.75, 3.05) is 46.9 Å². The van der Waals surface area contributed by atoms with Crippen LogP contribution in [-0.2, 0) is 18.3 Å². The van der Waals surface area contributed by atoms with E-state index in [2.05, 4.69) is 75.9 Å². The molecule has 0 aliphatic carbocycles. The zero-order valence-corrected chi connectivity index (χ0v) is 18.9. The summed E-state index contributed by atoms with van der Waals surface area (Å²) in [5.74, 6) is 0.918. The minimum Gasteiger partial charge on any atom is -0.374 e. The molecule has 0 aromatic carbocycles. The number of aliphatic imine (C=N–C) groups is 1. The highest BCUT2D eigenvalue weighted by Gasteiger charge is 2.18. The molecule has 2 rings (SSSR count). The van der Waals surface area contributed by atoms with Crippen LogP contribution in [0.15, 0.2) is 21.7 Å². The molecule has 0 bridgehead atoms. The number of aryl methyl sites for hydroxylation is 1. The summed E-state index contributed by atoms with van der Waals surface area (Å²) in [4.78, 5) is 9.21. The Kier molecular flexibility index (Phi) is 9.61. The summed E-state index contributed by atoms with van der Waals surface area (Å²) in [5, 5.41) is 3.37. The van der Waals surface area contributed by atoms with Gasteiger partial charge in [0.1, 0.15) is 0 Å². The van der Waals surface area contributed by atoms with Crippen LogP contribution in [0.5, 0.6) is 0 Å². The maximum absolute atomic E-state index is 5.79. The summed E-state index contributed by atoms with van der Waals surface area (Å²) in [7, 11) is 6.25. The zero-order valence-electron chi connectivity index (χ0n) is 15.0. The number of rotatable bonds is 5. The van der Waals surface area contributed by atoms with Crippen LogP contribution in [0.1, 0.15) is 12.6 Å². The second kappa shape index (κ2) is 10.6. The maximum atomic E-state index is 5.79. The van der Waals surface area contributed by atoms with Gasteiger partial charge in [0, 0.05) is 50.1 Å². The molecule has 1 unspecified atom stereocenters. The minimum atomic E-state index is 0. The monoisotopic (exact) mass is 513 g/mol. The first-order chi connectivity index (χ1) is 11.0. The van der Waals surface area contributed by atoms with E-state index in [0.717, 1.165) is 43.2 Å². The summed E-state index contributed by atoms with van der Waals surface area (Å²) in [5.41, 5.74) is 1.23. The number of ether oxygens (including phenoxy) is 1. The molecule has 6 nitrogen and oxygen atoms in total. The molecule has 0 amide bonds. The van der Waals surface area contributed by atoms with Crippen LogP contribution in [0, 0.1) is 0 Å². The zero-order chi connectivity index (χ0) is 16.8. The Morgan fingerprint density at radius 2 is 2.25 bits per heavy atom. The Balaban J connectivity index is 0.00000288. The van der Waals surface area contributed by atoms with Crippen molar-refractivity contribution in [1.29, 1.82) is 0 Å². The molecule has 0 spiro atoms. The van der Waals surface area contributed by atoms with E-state index in [4.69, 9.17) is 9.73 Å². The Labute approximate surface area is 170 Å². The topological polar surface area (TPSA) is 45.0 Å². The van der Waals surface area contributed by atoms with Crippen LogP contribution >= 0.6 is 39.9 Å². The van der Waals surface area contributed by atoms with Crippen molar-refractivity contribution in [3.8, 4) is 0 Å². The summed E-state index contributed by atoms with van der Waals surface area (Å²) < 4.78 is 9.02. The Bertz CT molecular complexity index is 537. The van der Waals surface area contributed by atoms with E-state index in [0.29, 0.717) is 6.54 Å². The van der Waals surface area contributed by atoms with Gasteiger partial charge in [-0.3, -0.25) is 4.99 Å². The average Bonchev–Trinajstić information content (AvgIpc) is 2.81. The van der Waals surface area contributed by atoms with Crippen molar-refractivity contribution in [2.24, 2.45) is 12.0 Å². The standard InChI is InChI=1S/C16H28BrN5O.HI/c1-5-18-16(19-9-15-12-20(2)6-7-23-15)22(4)11-14-8-13(17)10-21(14)3;/h8,10,15H,5-7,9,11-12H2,1-4H3,(H,18,19);1H. The molecule has 1 aliphatic rings. The van der Waals surface area contributed by atoms with Crippen LogP contribution in [0.25, 0.3) is 0 Å². The molecule has 1 atom stereocenters. The van der Waals surface area contributed by atoms with Crippen LogP contribution in [0.4, 0.5) is 0 Å². The lowest BCUT2D eigenvalue weighted by molar-refractivity contribution is -0.0137. The molecule has 2 heterocycles. The molecule has 1 fully saturated rings. The fourth-order valence-corrected chi connectivity index (χ4v) is 3.25. The van der Waals surface area contributed by atoms with Gasteiger partial charge in [-0.05, 0) is 36.0 Å². The number of guanidine groups is 1. The number of nitrogens with zero attached hydrogens (tertiary/aromatic N) is 4. The van der Waals surface area contributed by atoms with E-state index in [1.165, 1.54) is 5.69 Å². The second-order valence-corrected chi connectivity index (χ2v) is 6.98. The summed E-state index contributed by atoms with van der Waals surface area (Å²) in [6, 6.07) is 2.14. The van der Waals surface area contributed by atoms with Crippen LogP contribution < -0.4 is 5.32 Å². The Morgan fingerprint density at radius 1 is 1.50 bits per heavy atom. The predicted octanol–water partition coefficient (Wildman–Crippen LogP) is 2.13. The number of hydrogen-bond acceptors (Lipinski definition) is 3. The minimum absolute atomic E-state index is 0. The van der Waals surface area contributed by atoms with Gasteiger partial charge in [0.2, 0.25) is 0 Å². The van der Waals surface area contributed by atoms with E-state index in [9.17, 15) is 0 Å². The van der Waals surface area contributed by atoms with Crippen LogP contribution in [0.3, 0.4) is 0 Å². The SMILES string of the molecule is CCNC(=NCC1CN(C)CCO1)N(C)Cc1cc(Br)cn1C.I. The van der Waals surface area contributed by atoms with Gasteiger partial charge in [0.05, 0.1) is 25.8 Å². The van der Waals surface area contributed by atoms with E-state index < -0.39 is 0 Å². The smallest absolute Gasteiger partial charge is 0.194 e. The summed E-state index contributed by atoms with van der Waals surface area (Å²) in [6.45, 7) is 7.17. The molecular weight excluding hydrogens is 485 g/mol. The van der Waals surface area contributed by atoms with Gasteiger partial charge in [0.25, 0.3) is 0 Å². The average molecular weight is 514 g/mol. The fourth-order valence-electron chi connectivity index (χ4n) is 2.68. The normalized spacial score (nSPS) is 19.0. The van der Waals surface area contributed by atoms with Gasteiger partial charge in [-0.15, -0.1) is 24.0 Å². The molecule has 0 radical (unpaired) electrons. The molecule has 1 N–H and O–H groups in total. The van der Waals surface area contributed by atoms with Crippen molar-refractivity contribution < 1.29 is 4.74 Å². The number of hydrogen-bond donors (Lipinski definition) is 1.